The molecule has 0 atom stereocenters. The van der Waals surface area contributed by atoms with Crippen LogP contribution in [-0.4, -0.2) is 17.3 Å². The van der Waals surface area contributed by atoms with E-state index in [1.54, 1.807) is 7.11 Å². The Balaban J connectivity index is 2.98. The summed E-state index contributed by atoms with van der Waals surface area (Å²) in [5.74, 6) is 5.67. The Labute approximate surface area is 82.8 Å². The van der Waals surface area contributed by atoms with Gasteiger partial charge >= 0.3 is 6.01 Å². The molecule has 1 aromatic heterocycles. The van der Waals surface area contributed by atoms with Gasteiger partial charge in [0, 0.05) is 7.11 Å². The third-order valence-electron chi connectivity index (χ3n) is 2.49. The van der Waals surface area contributed by atoms with Gasteiger partial charge in [0.05, 0.1) is 0 Å². The van der Waals surface area contributed by atoms with Gasteiger partial charge in [0.25, 0.3) is 0 Å². The fourth-order valence-electron chi connectivity index (χ4n) is 1.41. The lowest BCUT2D eigenvalue weighted by atomic mass is 9.96. The van der Waals surface area contributed by atoms with Gasteiger partial charge in [-0.25, -0.2) is 5.84 Å². The van der Waals surface area contributed by atoms with Crippen molar-refractivity contribution >= 4 is 6.01 Å². The molecule has 0 aliphatic carbocycles. The highest BCUT2D eigenvalue weighted by molar-refractivity contribution is 5.17. The summed E-state index contributed by atoms with van der Waals surface area (Å²) in [5, 5.41) is 3.82. The van der Waals surface area contributed by atoms with Crippen molar-refractivity contribution in [1.82, 2.24) is 10.1 Å². The molecule has 0 saturated heterocycles. The first-order chi connectivity index (χ1) is 6.72. The van der Waals surface area contributed by atoms with E-state index in [1.165, 1.54) is 0 Å². The normalized spacial score (nSPS) is 11.7. The highest BCUT2D eigenvalue weighted by Gasteiger charge is 2.33. The van der Waals surface area contributed by atoms with Crippen molar-refractivity contribution in [2.45, 2.75) is 32.3 Å². The van der Waals surface area contributed by atoms with E-state index in [9.17, 15) is 0 Å². The standard InChI is InChI=1S/C8H16N4O2/c1-4-8(5-2,13-3)6-10-7(11-9)14-12-6/h4-5,9H2,1-3H3,(H,10,11,12). The fourth-order valence-corrected chi connectivity index (χ4v) is 1.41. The van der Waals surface area contributed by atoms with Crippen LogP contribution < -0.4 is 11.3 Å². The van der Waals surface area contributed by atoms with Gasteiger partial charge in [-0.3, -0.25) is 5.43 Å². The van der Waals surface area contributed by atoms with Crippen molar-refractivity contribution in [2.75, 3.05) is 12.5 Å². The quantitative estimate of drug-likeness (QED) is 0.545. The minimum atomic E-state index is -0.474. The molecule has 0 radical (unpaired) electrons. The summed E-state index contributed by atoms with van der Waals surface area (Å²) in [6, 6.07) is 0.198. The van der Waals surface area contributed by atoms with Gasteiger partial charge in [0.2, 0.25) is 5.82 Å². The minimum absolute atomic E-state index is 0.198. The lowest BCUT2D eigenvalue weighted by molar-refractivity contribution is -0.0306. The number of nitrogens with two attached hydrogens (primary N) is 1. The zero-order valence-corrected chi connectivity index (χ0v) is 8.70. The molecule has 1 heterocycles. The van der Waals surface area contributed by atoms with Crippen LogP contribution in [0.2, 0.25) is 0 Å². The van der Waals surface area contributed by atoms with E-state index >= 15 is 0 Å². The maximum atomic E-state index is 5.43. The highest BCUT2D eigenvalue weighted by atomic mass is 16.5. The number of aromatic nitrogens is 2. The van der Waals surface area contributed by atoms with Crippen LogP contribution in [0.3, 0.4) is 0 Å². The molecule has 0 spiro atoms. The number of anilines is 1. The van der Waals surface area contributed by atoms with Crippen molar-refractivity contribution in [3.8, 4) is 0 Å². The van der Waals surface area contributed by atoms with Crippen LogP contribution in [-0.2, 0) is 10.3 Å². The van der Waals surface area contributed by atoms with Crippen LogP contribution in [0.15, 0.2) is 4.52 Å². The molecule has 6 nitrogen and oxygen atoms in total. The number of rotatable bonds is 5. The van der Waals surface area contributed by atoms with Crippen LogP contribution in [0.4, 0.5) is 6.01 Å². The summed E-state index contributed by atoms with van der Waals surface area (Å²) >= 11 is 0. The van der Waals surface area contributed by atoms with Crippen LogP contribution in [0, 0.1) is 0 Å². The van der Waals surface area contributed by atoms with Crippen LogP contribution in [0.25, 0.3) is 0 Å². The molecule has 0 fully saturated rings. The SMILES string of the molecule is CCC(CC)(OC)c1noc(NN)n1. The predicted molar refractivity (Wildman–Crippen MR) is 51.4 cm³/mol. The number of ether oxygens (including phenoxy) is 1. The van der Waals surface area contributed by atoms with E-state index < -0.39 is 5.60 Å². The summed E-state index contributed by atoms with van der Waals surface area (Å²) in [7, 11) is 1.64. The number of hydrogen-bond donors (Lipinski definition) is 2. The first kappa shape index (κ1) is 10.9. The summed E-state index contributed by atoms with van der Waals surface area (Å²) in [6.45, 7) is 4.03. The molecule has 0 aliphatic rings. The molecule has 1 rings (SSSR count). The van der Waals surface area contributed by atoms with Crippen LogP contribution in [0.1, 0.15) is 32.5 Å². The van der Waals surface area contributed by atoms with E-state index in [1.807, 2.05) is 13.8 Å². The lowest BCUT2D eigenvalue weighted by Gasteiger charge is -2.25. The second-order valence-electron chi connectivity index (χ2n) is 2.97. The van der Waals surface area contributed by atoms with E-state index in [0.717, 1.165) is 12.8 Å². The molecule has 0 aliphatic heterocycles. The summed E-state index contributed by atoms with van der Waals surface area (Å²) in [4.78, 5) is 4.07. The molecule has 14 heavy (non-hydrogen) atoms. The maximum Gasteiger partial charge on any atom is 0.335 e. The van der Waals surface area contributed by atoms with E-state index in [2.05, 4.69) is 15.6 Å². The highest BCUT2D eigenvalue weighted by Crippen LogP contribution is 2.30. The van der Waals surface area contributed by atoms with Crippen LogP contribution in [0.5, 0.6) is 0 Å². The average molecular weight is 200 g/mol. The van der Waals surface area contributed by atoms with Crippen molar-refractivity contribution in [3.63, 3.8) is 0 Å². The number of nitrogens with one attached hydrogen (secondary N) is 1. The van der Waals surface area contributed by atoms with E-state index in [4.69, 9.17) is 15.1 Å². The van der Waals surface area contributed by atoms with Crippen molar-refractivity contribution in [1.29, 1.82) is 0 Å². The van der Waals surface area contributed by atoms with Gasteiger partial charge in [0.15, 0.2) is 0 Å². The zero-order valence-electron chi connectivity index (χ0n) is 8.70. The number of hydrazine groups is 1. The second kappa shape index (κ2) is 4.39. The van der Waals surface area contributed by atoms with E-state index in [0.29, 0.717) is 5.82 Å². The van der Waals surface area contributed by atoms with Crippen molar-refractivity contribution < 1.29 is 9.26 Å². The Morgan fingerprint density at radius 1 is 1.50 bits per heavy atom. The predicted octanol–water partition coefficient (Wildman–Crippen LogP) is 1.02. The van der Waals surface area contributed by atoms with Gasteiger partial charge in [-0.15, -0.1) is 0 Å². The molecule has 6 heteroatoms. The first-order valence-electron chi connectivity index (χ1n) is 4.58. The van der Waals surface area contributed by atoms with Gasteiger partial charge in [-0.2, -0.15) is 4.98 Å². The molecule has 0 unspecified atom stereocenters. The Bertz CT molecular complexity index is 274. The third kappa shape index (κ3) is 1.71. The van der Waals surface area contributed by atoms with E-state index in [-0.39, 0.29) is 6.01 Å². The molecule has 0 aromatic carbocycles. The smallest absolute Gasteiger partial charge is 0.335 e. The Kier molecular flexibility index (Phi) is 3.43. The molecular formula is C8H16N4O2. The number of nitrogen functional groups attached to an aromatic ring is 1. The summed E-state index contributed by atoms with van der Waals surface area (Å²) < 4.78 is 10.3. The number of methoxy groups -OCH3 is 1. The Morgan fingerprint density at radius 3 is 2.50 bits per heavy atom. The molecule has 0 bridgehead atoms. The summed E-state index contributed by atoms with van der Waals surface area (Å²) in [5.41, 5.74) is 1.82. The van der Waals surface area contributed by atoms with Crippen molar-refractivity contribution in [2.24, 2.45) is 5.84 Å². The van der Waals surface area contributed by atoms with Gasteiger partial charge in [0.1, 0.15) is 5.60 Å². The Hall–Kier alpha value is -1.14. The summed E-state index contributed by atoms with van der Waals surface area (Å²) in [6.07, 6.45) is 1.56. The van der Waals surface area contributed by atoms with Gasteiger partial charge < -0.3 is 9.26 Å². The van der Waals surface area contributed by atoms with Gasteiger partial charge in [-0.05, 0) is 12.8 Å². The largest absolute Gasteiger partial charge is 0.370 e. The van der Waals surface area contributed by atoms with Crippen LogP contribution >= 0.6 is 0 Å². The number of hydrogen-bond acceptors (Lipinski definition) is 6. The average Bonchev–Trinajstić information content (AvgIpc) is 2.71. The Morgan fingerprint density at radius 2 is 2.14 bits per heavy atom. The topological polar surface area (TPSA) is 86.2 Å². The third-order valence-corrected chi connectivity index (χ3v) is 2.49. The molecule has 1 aromatic rings. The maximum absolute atomic E-state index is 5.43. The molecule has 0 saturated carbocycles. The molecular weight excluding hydrogens is 184 g/mol. The molecule has 80 valence electrons. The molecule has 0 amide bonds. The second-order valence-corrected chi connectivity index (χ2v) is 2.97. The number of nitrogens with zero attached hydrogens (tertiary/aromatic N) is 2. The minimum Gasteiger partial charge on any atom is -0.370 e. The van der Waals surface area contributed by atoms with Crippen molar-refractivity contribution in [3.05, 3.63) is 5.82 Å². The monoisotopic (exact) mass is 200 g/mol. The lowest BCUT2D eigenvalue weighted by Crippen LogP contribution is -2.28. The molecule has 3 N–H and O–H groups in total. The fraction of sp³-hybridized carbons (Fsp3) is 0.750. The van der Waals surface area contributed by atoms with Gasteiger partial charge in [-0.1, -0.05) is 19.0 Å². The first-order valence-corrected chi connectivity index (χ1v) is 4.58. The zero-order chi connectivity index (χ0) is 10.6.